The summed E-state index contributed by atoms with van der Waals surface area (Å²) in [5.41, 5.74) is 4.65. The molecule has 0 fully saturated rings. The number of fused-ring (bicyclic) bond motifs is 3. The van der Waals surface area contributed by atoms with Crippen LogP contribution in [0.25, 0.3) is 21.9 Å². The Morgan fingerprint density at radius 2 is 1.80 bits per heavy atom. The van der Waals surface area contributed by atoms with Crippen LogP contribution in [0.5, 0.6) is 0 Å². The monoisotopic (exact) mass is 423 g/mol. The molecule has 6 heteroatoms. The Morgan fingerprint density at radius 1 is 1.03 bits per heavy atom. The highest BCUT2D eigenvalue weighted by Crippen LogP contribution is 2.36. The number of furan rings is 1. The molecule has 30 heavy (non-hydrogen) atoms. The maximum absolute atomic E-state index is 12.6. The third kappa shape index (κ3) is 3.50. The number of hydrogen-bond donors (Lipinski definition) is 1. The van der Waals surface area contributed by atoms with Crippen molar-refractivity contribution in [2.24, 2.45) is 0 Å². The Morgan fingerprint density at radius 3 is 2.53 bits per heavy atom. The Balaban J connectivity index is 1.71. The highest BCUT2D eigenvalue weighted by Gasteiger charge is 2.21. The summed E-state index contributed by atoms with van der Waals surface area (Å²) < 4.78 is 11.6. The molecule has 4 rings (SSSR count). The van der Waals surface area contributed by atoms with Gasteiger partial charge in [0.2, 0.25) is 5.91 Å². The van der Waals surface area contributed by atoms with Crippen LogP contribution in [0.4, 0.5) is 0 Å². The van der Waals surface area contributed by atoms with Gasteiger partial charge in [-0.15, -0.1) is 0 Å². The minimum Gasteiger partial charge on any atom is -0.460 e. The van der Waals surface area contributed by atoms with Gasteiger partial charge in [0, 0.05) is 17.0 Å². The molecule has 0 saturated carbocycles. The standard InChI is InChI=1S/C24H22ClNO4/c1-12-8-19-22(23-21(12)13(2)15(4)29-23)14(3)18(24(28)30-19)10-20(27)26-11-16-6-5-7-17(25)9-16/h5-9H,10-11H2,1-4H3,(H,26,27). The SMILES string of the molecule is Cc1oc2c(c(C)cc3oc(=O)c(CC(=O)NCc4cccc(Cl)c4)c(C)c32)c1C. The number of nitrogens with one attached hydrogen (secondary N) is 1. The first-order valence-corrected chi connectivity index (χ1v) is 10.1. The summed E-state index contributed by atoms with van der Waals surface area (Å²) in [4.78, 5) is 25.2. The third-order valence-electron chi connectivity index (χ3n) is 5.59. The van der Waals surface area contributed by atoms with Crippen molar-refractivity contribution in [1.82, 2.24) is 5.32 Å². The van der Waals surface area contributed by atoms with Crippen molar-refractivity contribution < 1.29 is 13.6 Å². The van der Waals surface area contributed by atoms with Gasteiger partial charge in [-0.05, 0) is 68.1 Å². The smallest absolute Gasteiger partial charge is 0.340 e. The van der Waals surface area contributed by atoms with Gasteiger partial charge in [0.05, 0.1) is 17.4 Å². The lowest BCUT2D eigenvalue weighted by atomic mass is 9.98. The van der Waals surface area contributed by atoms with Gasteiger partial charge in [0.15, 0.2) is 0 Å². The summed E-state index contributed by atoms with van der Waals surface area (Å²) in [5, 5.41) is 5.20. The fourth-order valence-corrected chi connectivity index (χ4v) is 4.12. The molecule has 0 saturated heterocycles. The van der Waals surface area contributed by atoms with E-state index in [2.05, 4.69) is 5.32 Å². The molecule has 5 nitrogen and oxygen atoms in total. The topological polar surface area (TPSA) is 72.5 Å². The van der Waals surface area contributed by atoms with Crippen molar-refractivity contribution in [2.45, 2.75) is 40.7 Å². The second-order valence-electron chi connectivity index (χ2n) is 7.63. The largest absolute Gasteiger partial charge is 0.460 e. The van der Waals surface area contributed by atoms with Gasteiger partial charge in [0.25, 0.3) is 0 Å². The van der Waals surface area contributed by atoms with Gasteiger partial charge in [-0.25, -0.2) is 4.79 Å². The Labute approximate surface area is 178 Å². The molecule has 2 aromatic carbocycles. The Hall–Kier alpha value is -3.05. The van der Waals surface area contributed by atoms with Gasteiger partial charge in [0.1, 0.15) is 16.9 Å². The van der Waals surface area contributed by atoms with E-state index in [9.17, 15) is 9.59 Å². The molecule has 0 aliphatic heterocycles. The number of halogens is 1. The van der Waals surface area contributed by atoms with Gasteiger partial charge in [-0.3, -0.25) is 4.79 Å². The Bertz CT molecular complexity index is 1360. The average Bonchev–Trinajstić information content (AvgIpc) is 2.98. The van der Waals surface area contributed by atoms with E-state index in [0.29, 0.717) is 33.9 Å². The fraction of sp³-hybridized carbons (Fsp3) is 0.250. The molecule has 0 radical (unpaired) electrons. The van der Waals surface area contributed by atoms with Crippen LogP contribution in [0.2, 0.25) is 5.02 Å². The first-order valence-electron chi connectivity index (χ1n) is 9.73. The van der Waals surface area contributed by atoms with Crippen LogP contribution in [-0.4, -0.2) is 5.91 Å². The fourth-order valence-electron chi connectivity index (χ4n) is 3.91. The molecule has 0 unspecified atom stereocenters. The lowest BCUT2D eigenvalue weighted by molar-refractivity contribution is -0.120. The van der Waals surface area contributed by atoms with Crippen LogP contribution in [-0.2, 0) is 17.8 Å². The summed E-state index contributed by atoms with van der Waals surface area (Å²) in [6.07, 6.45) is -0.0707. The van der Waals surface area contributed by atoms with Gasteiger partial charge in [-0.1, -0.05) is 23.7 Å². The van der Waals surface area contributed by atoms with Crippen LogP contribution in [0.3, 0.4) is 0 Å². The van der Waals surface area contributed by atoms with Gasteiger partial charge in [-0.2, -0.15) is 0 Å². The predicted octanol–water partition coefficient (Wildman–Crippen LogP) is 5.29. The molecule has 1 N–H and O–H groups in total. The zero-order valence-corrected chi connectivity index (χ0v) is 18.1. The number of rotatable bonds is 4. The van der Waals surface area contributed by atoms with Crippen LogP contribution in [0.15, 0.2) is 44.0 Å². The molecular weight excluding hydrogens is 402 g/mol. The molecule has 0 atom stereocenters. The molecule has 1 amide bonds. The molecule has 0 bridgehead atoms. The number of amides is 1. The summed E-state index contributed by atoms with van der Waals surface area (Å²) in [7, 11) is 0. The van der Waals surface area contributed by atoms with E-state index in [4.69, 9.17) is 20.4 Å². The summed E-state index contributed by atoms with van der Waals surface area (Å²) >= 11 is 5.98. The van der Waals surface area contributed by atoms with Crippen molar-refractivity contribution in [2.75, 3.05) is 0 Å². The minimum absolute atomic E-state index is 0.0707. The van der Waals surface area contributed by atoms with Crippen molar-refractivity contribution in [3.05, 3.63) is 79.4 Å². The van der Waals surface area contributed by atoms with Gasteiger partial charge >= 0.3 is 5.63 Å². The molecular formula is C24H22ClNO4. The first kappa shape index (κ1) is 20.2. The normalized spacial score (nSPS) is 11.4. The van der Waals surface area contributed by atoms with E-state index in [1.165, 1.54) is 0 Å². The highest BCUT2D eigenvalue weighted by atomic mass is 35.5. The van der Waals surface area contributed by atoms with Crippen molar-refractivity contribution >= 4 is 39.4 Å². The van der Waals surface area contributed by atoms with Crippen molar-refractivity contribution in [1.29, 1.82) is 0 Å². The highest BCUT2D eigenvalue weighted by molar-refractivity contribution is 6.30. The van der Waals surface area contributed by atoms with E-state index in [1.807, 2.05) is 45.9 Å². The molecule has 0 aliphatic rings. The van der Waals surface area contributed by atoms with E-state index in [1.54, 1.807) is 12.1 Å². The predicted molar refractivity (Wildman–Crippen MR) is 118 cm³/mol. The number of hydrogen-bond acceptors (Lipinski definition) is 4. The van der Waals surface area contributed by atoms with E-state index >= 15 is 0 Å². The van der Waals surface area contributed by atoms with Gasteiger partial charge < -0.3 is 14.2 Å². The second-order valence-corrected chi connectivity index (χ2v) is 8.07. The number of carbonyl (C=O) groups excluding carboxylic acids is 1. The maximum atomic E-state index is 12.6. The average molecular weight is 424 g/mol. The first-order chi connectivity index (χ1) is 14.3. The summed E-state index contributed by atoms with van der Waals surface area (Å²) in [5.74, 6) is 0.562. The molecule has 2 heterocycles. The molecule has 2 aromatic heterocycles. The zero-order chi connectivity index (χ0) is 21.6. The molecule has 154 valence electrons. The van der Waals surface area contributed by atoms with E-state index < -0.39 is 5.63 Å². The summed E-state index contributed by atoms with van der Waals surface area (Å²) in [6.45, 7) is 8.06. The summed E-state index contributed by atoms with van der Waals surface area (Å²) in [6, 6.07) is 9.13. The maximum Gasteiger partial charge on any atom is 0.340 e. The number of carbonyl (C=O) groups is 1. The van der Waals surface area contributed by atoms with E-state index in [0.717, 1.165) is 33.2 Å². The van der Waals surface area contributed by atoms with Crippen LogP contribution in [0.1, 0.15) is 33.6 Å². The van der Waals surface area contributed by atoms with Crippen molar-refractivity contribution in [3.8, 4) is 0 Å². The van der Waals surface area contributed by atoms with E-state index in [-0.39, 0.29) is 12.3 Å². The minimum atomic E-state index is -0.503. The second kappa shape index (κ2) is 7.65. The lowest BCUT2D eigenvalue weighted by Gasteiger charge is -2.10. The van der Waals surface area contributed by atoms with Crippen molar-refractivity contribution in [3.63, 3.8) is 0 Å². The van der Waals surface area contributed by atoms with Crippen LogP contribution >= 0.6 is 11.6 Å². The third-order valence-corrected chi connectivity index (χ3v) is 5.83. The lowest BCUT2D eigenvalue weighted by Crippen LogP contribution is -2.27. The zero-order valence-electron chi connectivity index (χ0n) is 17.3. The molecule has 0 spiro atoms. The number of benzene rings is 2. The quantitative estimate of drug-likeness (QED) is 0.453. The Kier molecular flexibility index (Phi) is 5.16. The van der Waals surface area contributed by atoms with Crippen LogP contribution < -0.4 is 10.9 Å². The number of aryl methyl sites for hydroxylation is 4. The van der Waals surface area contributed by atoms with Crippen LogP contribution in [0, 0.1) is 27.7 Å². The molecule has 4 aromatic rings. The molecule has 0 aliphatic carbocycles.